The van der Waals surface area contributed by atoms with Crippen LogP contribution in [-0.2, 0) is 13.7 Å². The third-order valence-corrected chi connectivity index (χ3v) is 3.04. The second kappa shape index (κ2) is 5.77. The molecule has 1 heterocycles. The van der Waals surface area contributed by atoms with E-state index >= 15 is 0 Å². The molecule has 0 saturated carbocycles. The van der Waals surface area contributed by atoms with Crippen LogP contribution < -0.4 is 9.47 Å². The molecule has 0 unspecified atom stereocenters. The summed E-state index contributed by atoms with van der Waals surface area (Å²) >= 11 is 0. The highest BCUT2D eigenvalue weighted by molar-refractivity contribution is 5.94. The van der Waals surface area contributed by atoms with Gasteiger partial charge in [0, 0.05) is 12.6 Å². The van der Waals surface area contributed by atoms with Gasteiger partial charge < -0.3 is 9.47 Å². The number of Topliss-reactive ketones (excluding diaryl/α,β-unsaturated/α-hetero) is 1. The number of methoxy groups -OCH3 is 1. The molecule has 0 fully saturated rings. The van der Waals surface area contributed by atoms with E-state index in [1.165, 1.54) is 6.92 Å². The van der Waals surface area contributed by atoms with Crippen LogP contribution in [-0.4, -0.2) is 22.7 Å². The van der Waals surface area contributed by atoms with E-state index in [2.05, 4.69) is 5.10 Å². The van der Waals surface area contributed by atoms with Gasteiger partial charge in [0.15, 0.2) is 17.3 Å². The number of carbonyl (C=O) groups is 1. The highest BCUT2D eigenvalue weighted by Gasteiger charge is 2.10. The van der Waals surface area contributed by atoms with Gasteiger partial charge in [-0.1, -0.05) is 0 Å². The Kier molecular flexibility index (Phi) is 4.08. The van der Waals surface area contributed by atoms with E-state index in [4.69, 9.17) is 9.47 Å². The van der Waals surface area contributed by atoms with Gasteiger partial charge in [0.2, 0.25) is 0 Å². The lowest BCUT2D eigenvalue weighted by atomic mass is 10.1. The fourth-order valence-electron chi connectivity index (χ4n) is 1.96. The van der Waals surface area contributed by atoms with Crippen LogP contribution in [0.5, 0.6) is 11.5 Å². The van der Waals surface area contributed by atoms with Crippen LogP contribution in [0.1, 0.15) is 28.7 Å². The summed E-state index contributed by atoms with van der Waals surface area (Å²) in [5.74, 6) is 1.16. The molecular formula is C15H18N2O3. The first-order valence-electron chi connectivity index (χ1n) is 6.32. The van der Waals surface area contributed by atoms with E-state index in [1.807, 2.05) is 20.0 Å². The molecule has 2 aromatic rings. The van der Waals surface area contributed by atoms with Gasteiger partial charge in [-0.25, -0.2) is 0 Å². The van der Waals surface area contributed by atoms with E-state index in [9.17, 15) is 4.79 Å². The SMILES string of the molecule is COc1cc(C(C)=O)ccc1OCc1cc(C)nn1C. The summed E-state index contributed by atoms with van der Waals surface area (Å²) in [4.78, 5) is 11.3. The first-order valence-corrected chi connectivity index (χ1v) is 6.32. The Hall–Kier alpha value is -2.30. The van der Waals surface area contributed by atoms with Crippen molar-refractivity contribution in [1.29, 1.82) is 0 Å². The number of ketones is 1. The van der Waals surface area contributed by atoms with Crippen LogP contribution in [0.3, 0.4) is 0 Å². The van der Waals surface area contributed by atoms with Crippen molar-refractivity contribution in [3.8, 4) is 11.5 Å². The first kappa shape index (κ1) is 14.1. The Morgan fingerprint density at radius 2 is 2.05 bits per heavy atom. The summed E-state index contributed by atoms with van der Waals surface area (Å²) in [7, 11) is 3.43. The summed E-state index contributed by atoms with van der Waals surface area (Å²) < 4.78 is 12.8. The Morgan fingerprint density at radius 3 is 2.60 bits per heavy atom. The van der Waals surface area contributed by atoms with Crippen LogP contribution in [0, 0.1) is 6.92 Å². The van der Waals surface area contributed by atoms with Gasteiger partial charge >= 0.3 is 0 Å². The van der Waals surface area contributed by atoms with Crippen LogP contribution in [0.2, 0.25) is 0 Å². The molecule has 1 aromatic carbocycles. The molecule has 0 atom stereocenters. The zero-order valence-corrected chi connectivity index (χ0v) is 12.1. The number of nitrogens with zero attached hydrogens (tertiary/aromatic N) is 2. The molecule has 0 aliphatic carbocycles. The molecule has 5 nitrogen and oxygen atoms in total. The predicted molar refractivity (Wildman–Crippen MR) is 75.3 cm³/mol. The maximum atomic E-state index is 11.3. The van der Waals surface area contributed by atoms with Gasteiger partial charge in [0.25, 0.3) is 0 Å². The smallest absolute Gasteiger partial charge is 0.161 e. The standard InChI is InChI=1S/C15H18N2O3/c1-10-7-13(17(3)16-10)9-20-14-6-5-12(11(2)18)8-15(14)19-4/h5-8H,9H2,1-4H3. The van der Waals surface area contributed by atoms with Gasteiger partial charge in [-0.15, -0.1) is 0 Å². The second-order valence-corrected chi connectivity index (χ2v) is 4.61. The lowest BCUT2D eigenvalue weighted by Gasteiger charge is -2.11. The number of aryl methyl sites for hydroxylation is 2. The molecule has 106 valence electrons. The lowest BCUT2D eigenvalue weighted by Crippen LogP contribution is -2.04. The minimum absolute atomic E-state index is 0.00268. The number of ether oxygens (including phenoxy) is 2. The predicted octanol–water partition coefficient (Wildman–Crippen LogP) is 2.52. The minimum Gasteiger partial charge on any atom is -0.493 e. The number of aromatic nitrogens is 2. The first-order chi connectivity index (χ1) is 9.51. The molecule has 5 heteroatoms. The van der Waals surface area contributed by atoms with E-state index in [0.29, 0.717) is 23.7 Å². The fourth-order valence-corrected chi connectivity index (χ4v) is 1.96. The summed E-state index contributed by atoms with van der Waals surface area (Å²) in [6.07, 6.45) is 0. The molecule has 0 aliphatic heterocycles. The van der Waals surface area contributed by atoms with Crippen molar-refractivity contribution in [1.82, 2.24) is 9.78 Å². The molecule has 0 N–H and O–H groups in total. The van der Waals surface area contributed by atoms with Gasteiger partial charge in [0.05, 0.1) is 18.5 Å². The molecule has 0 saturated heterocycles. The van der Waals surface area contributed by atoms with E-state index in [0.717, 1.165) is 11.4 Å². The van der Waals surface area contributed by atoms with Crippen molar-refractivity contribution in [2.24, 2.45) is 7.05 Å². The van der Waals surface area contributed by atoms with Crippen molar-refractivity contribution in [2.45, 2.75) is 20.5 Å². The Labute approximate surface area is 118 Å². The van der Waals surface area contributed by atoms with E-state index in [-0.39, 0.29) is 5.78 Å². The Bertz CT molecular complexity index is 632. The van der Waals surface area contributed by atoms with Crippen LogP contribution >= 0.6 is 0 Å². The summed E-state index contributed by atoms with van der Waals surface area (Å²) in [5.41, 5.74) is 2.52. The highest BCUT2D eigenvalue weighted by atomic mass is 16.5. The molecule has 1 aromatic heterocycles. The zero-order valence-electron chi connectivity index (χ0n) is 12.1. The van der Waals surface area contributed by atoms with Gasteiger partial charge in [-0.3, -0.25) is 9.48 Å². The van der Waals surface area contributed by atoms with Crippen molar-refractivity contribution in [3.05, 3.63) is 41.2 Å². The average Bonchev–Trinajstić information content (AvgIpc) is 2.74. The second-order valence-electron chi connectivity index (χ2n) is 4.61. The summed E-state index contributed by atoms with van der Waals surface area (Å²) in [6, 6.07) is 7.13. The van der Waals surface area contributed by atoms with Crippen molar-refractivity contribution >= 4 is 5.78 Å². The molecule has 0 radical (unpaired) electrons. The largest absolute Gasteiger partial charge is 0.493 e. The lowest BCUT2D eigenvalue weighted by molar-refractivity contribution is 0.101. The number of rotatable bonds is 5. The van der Waals surface area contributed by atoms with Crippen LogP contribution in [0.15, 0.2) is 24.3 Å². The minimum atomic E-state index is -0.00268. The van der Waals surface area contributed by atoms with Crippen molar-refractivity contribution < 1.29 is 14.3 Å². The maximum Gasteiger partial charge on any atom is 0.161 e. The van der Waals surface area contributed by atoms with Crippen molar-refractivity contribution in [2.75, 3.05) is 7.11 Å². The monoisotopic (exact) mass is 274 g/mol. The fraction of sp³-hybridized carbons (Fsp3) is 0.333. The number of benzene rings is 1. The average molecular weight is 274 g/mol. The van der Waals surface area contributed by atoms with E-state index in [1.54, 1.807) is 30.0 Å². The Balaban J connectivity index is 2.17. The maximum absolute atomic E-state index is 11.3. The van der Waals surface area contributed by atoms with E-state index < -0.39 is 0 Å². The third-order valence-electron chi connectivity index (χ3n) is 3.04. The highest BCUT2D eigenvalue weighted by Crippen LogP contribution is 2.29. The topological polar surface area (TPSA) is 53.4 Å². The van der Waals surface area contributed by atoms with Gasteiger partial charge in [-0.05, 0) is 38.1 Å². The number of hydrogen-bond acceptors (Lipinski definition) is 4. The number of carbonyl (C=O) groups excluding carboxylic acids is 1. The quantitative estimate of drug-likeness (QED) is 0.786. The zero-order chi connectivity index (χ0) is 14.7. The summed E-state index contributed by atoms with van der Waals surface area (Å²) in [6.45, 7) is 3.85. The molecule has 0 spiro atoms. The molecule has 0 bridgehead atoms. The van der Waals surface area contributed by atoms with Crippen LogP contribution in [0.25, 0.3) is 0 Å². The van der Waals surface area contributed by atoms with Crippen molar-refractivity contribution in [3.63, 3.8) is 0 Å². The third kappa shape index (κ3) is 2.99. The van der Waals surface area contributed by atoms with Crippen LogP contribution in [0.4, 0.5) is 0 Å². The molecule has 0 aliphatic rings. The van der Waals surface area contributed by atoms with Gasteiger partial charge in [-0.2, -0.15) is 5.10 Å². The molecule has 20 heavy (non-hydrogen) atoms. The number of hydrogen-bond donors (Lipinski definition) is 0. The molecule has 2 rings (SSSR count). The molecule has 0 amide bonds. The normalized spacial score (nSPS) is 10.4. The molecular weight excluding hydrogens is 256 g/mol. The summed E-state index contributed by atoms with van der Waals surface area (Å²) in [5, 5.41) is 4.26. The van der Waals surface area contributed by atoms with Gasteiger partial charge in [0.1, 0.15) is 6.61 Å². The Morgan fingerprint density at radius 1 is 1.30 bits per heavy atom.